The molecule has 0 aromatic heterocycles. The molecule has 21 heavy (non-hydrogen) atoms. The molecular formula is C15H24FN3O2. The van der Waals surface area contributed by atoms with Gasteiger partial charge in [-0.2, -0.15) is 5.26 Å². The van der Waals surface area contributed by atoms with E-state index in [0.717, 1.165) is 12.8 Å². The maximum Gasteiger partial charge on any atom is 0.237 e. The molecule has 118 valence electrons. The summed E-state index contributed by atoms with van der Waals surface area (Å²) in [4.78, 5) is 13.6. The van der Waals surface area contributed by atoms with Crippen LogP contribution in [0.25, 0.3) is 0 Å². The lowest BCUT2D eigenvalue weighted by molar-refractivity contribution is -0.131. The van der Waals surface area contributed by atoms with Gasteiger partial charge in [-0.1, -0.05) is 0 Å². The van der Waals surface area contributed by atoms with Gasteiger partial charge >= 0.3 is 0 Å². The molecule has 2 aliphatic heterocycles. The molecule has 5 nitrogen and oxygen atoms in total. The van der Waals surface area contributed by atoms with E-state index in [9.17, 15) is 9.18 Å². The van der Waals surface area contributed by atoms with E-state index in [1.807, 2.05) is 19.9 Å². The zero-order valence-electron chi connectivity index (χ0n) is 12.9. The van der Waals surface area contributed by atoms with E-state index in [1.54, 1.807) is 0 Å². The Morgan fingerprint density at radius 3 is 2.67 bits per heavy atom. The van der Waals surface area contributed by atoms with Crippen LogP contribution in [0.3, 0.4) is 0 Å². The van der Waals surface area contributed by atoms with Crippen molar-refractivity contribution in [2.45, 2.75) is 70.0 Å². The molecule has 0 saturated carbocycles. The van der Waals surface area contributed by atoms with Crippen molar-refractivity contribution in [1.82, 2.24) is 10.2 Å². The average molecular weight is 297 g/mol. The van der Waals surface area contributed by atoms with Gasteiger partial charge in [0, 0.05) is 12.0 Å². The Labute approximate surface area is 125 Å². The predicted octanol–water partition coefficient (Wildman–Crippen LogP) is 1.38. The summed E-state index contributed by atoms with van der Waals surface area (Å²) in [6, 6.07) is 1.37. The summed E-state index contributed by atoms with van der Waals surface area (Å²) in [7, 11) is 0. The first kappa shape index (κ1) is 16.2. The summed E-state index contributed by atoms with van der Waals surface area (Å²) < 4.78 is 19.1. The number of halogens is 1. The molecule has 2 rings (SSSR count). The van der Waals surface area contributed by atoms with Crippen LogP contribution in [0.5, 0.6) is 0 Å². The highest BCUT2D eigenvalue weighted by molar-refractivity contribution is 5.79. The van der Waals surface area contributed by atoms with E-state index in [2.05, 4.69) is 12.2 Å². The Hall–Kier alpha value is -1.19. The standard InChI is InChI=1S/C15H24FN3O2/c1-10-5-15(3,6-11(2)21-10)18-8-14(20)19-9-12(16)4-13(19)7-17/h10-13,18H,4-6,8-9H2,1-3H3/t10?,11?,12-,13-,15?/m0/s1. The number of carbonyl (C=O) groups is 1. The lowest BCUT2D eigenvalue weighted by Gasteiger charge is -2.41. The zero-order valence-corrected chi connectivity index (χ0v) is 12.9. The molecule has 0 bridgehead atoms. The number of rotatable bonds is 3. The summed E-state index contributed by atoms with van der Waals surface area (Å²) in [5, 5.41) is 12.3. The van der Waals surface area contributed by atoms with Crippen molar-refractivity contribution in [1.29, 1.82) is 5.26 Å². The number of hydrogen-bond acceptors (Lipinski definition) is 4. The Morgan fingerprint density at radius 1 is 1.48 bits per heavy atom. The topological polar surface area (TPSA) is 65.4 Å². The van der Waals surface area contributed by atoms with Gasteiger partial charge in [-0.15, -0.1) is 0 Å². The second-order valence-corrected chi connectivity index (χ2v) is 6.60. The van der Waals surface area contributed by atoms with Crippen LogP contribution in [0, 0.1) is 11.3 Å². The van der Waals surface area contributed by atoms with Crippen molar-refractivity contribution in [2.24, 2.45) is 0 Å². The third-order valence-electron chi connectivity index (χ3n) is 4.33. The number of likely N-dealkylation sites (tertiary alicyclic amines) is 1. The fourth-order valence-electron chi connectivity index (χ4n) is 3.56. The minimum atomic E-state index is -1.09. The quantitative estimate of drug-likeness (QED) is 0.855. The molecule has 0 spiro atoms. The molecule has 2 unspecified atom stereocenters. The summed E-state index contributed by atoms with van der Waals surface area (Å²) in [6.45, 7) is 6.31. The van der Waals surface area contributed by atoms with Crippen LogP contribution < -0.4 is 5.32 Å². The van der Waals surface area contributed by atoms with E-state index >= 15 is 0 Å². The van der Waals surface area contributed by atoms with Crippen molar-refractivity contribution in [3.8, 4) is 6.07 Å². The van der Waals surface area contributed by atoms with Crippen LogP contribution in [0.2, 0.25) is 0 Å². The van der Waals surface area contributed by atoms with Gasteiger partial charge in [0.15, 0.2) is 0 Å². The third-order valence-corrected chi connectivity index (χ3v) is 4.33. The third kappa shape index (κ3) is 3.92. The molecule has 1 amide bonds. The second kappa shape index (κ2) is 6.29. The lowest BCUT2D eigenvalue weighted by Crippen LogP contribution is -2.54. The summed E-state index contributed by atoms with van der Waals surface area (Å²) in [5.74, 6) is -0.199. The van der Waals surface area contributed by atoms with Crippen LogP contribution >= 0.6 is 0 Å². The first-order valence-corrected chi connectivity index (χ1v) is 7.56. The molecule has 0 radical (unpaired) electrons. The highest BCUT2D eigenvalue weighted by atomic mass is 19.1. The first-order chi connectivity index (χ1) is 9.83. The highest BCUT2D eigenvalue weighted by Gasteiger charge is 2.38. The molecule has 0 aromatic rings. The van der Waals surface area contributed by atoms with Crippen molar-refractivity contribution in [3.63, 3.8) is 0 Å². The molecule has 4 atom stereocenters. The first-order valence-electron chi connectivity index (χ1n) is 7.56. The molecular weight excluding hydrogens is 273 g/mol. The number of ether oxygens (including phenoxy) is 1. The largest absolute Gasteiger partial charge is 0.375 e. The minimum absolute atomic E-state index is 0.0331. The van der Waals surface area contributed by atoms with Crippen LogP contribution in [0.15, 0.2) is 0 Å². The van der Waals surface area contributed by atoms with Gasteiger partial charge in [0.05, 0.1) is 31.4 Å². The molecule has 0 aromatic carbocycles. The van der Waals surface area contributed by atoms with Gasteiger partial charge in [0.25, 0.3) is 0 Å². The summed E-state index contributed by atoms with van der Waals surface area (Å²) in [5.41, 5.74) is -0.163. The van der Waals surface area contributed by atoms with Crippen molar-refractivity contribution in [3.05, 3.63) is 0 Å². The number of alkyl halides is 1. The average Bonchev–Trinajstić information content (AvgIpc) is 2.76. The summed E-state index contributed by atoms with van der Waals surface area (Å²) in [6.07, 6.45) is 1.00. The number of nitriles is 1. The van der Waals surface area contributed by atoms with Crippen LogP contribution in [-0.2, 0) is 9.53 Å². The summed E-state index contributed by atoms with van der Waals surface area (Å²) >= 11 is 0. The minimum Gasteiger partial charge on any atom is -0.375 e. The lowest BCUT2D eigenvalue weighted by atomic mass is 9.86. The Bertz CT molecular complexity index is 427. The van der Waals surface area contributed by atoms with E-state index < -0.39 is 12.2 Å². The van der Waals surface area contributed by atoms with Gasteiger partial charge in [0.1, 0.15) is 12.2 Å². The Balaban J connectivity index is 1.90. The van der Waals surface area contributed by atoms with E-state index in [4.69, 9.17) is 10.00 Å². The molecule has 2 fully saturated rings. The molecule has 6 heteroatoms. The van der Waals surface area contributed by atoms with Crippen LogP contribution in [-0.4, -0.2) is 53.9 Å². The van der Waals surface area contributed by atoms with Gasteiger partial charge in [-0.25, -0.2) is 4.39 Å². The molecule has 1 N–H and O–H groups in total. The Kier molecular flexibility index (Phi) is 4.84. The van der Waals surface area contributed by atoms with E-state index in [1.165, 1.54) is 4.90 Å². The van der Waals surface area contributed by atoms with Crippen molar-refractivity contribution in [2.75, 3.05) is 13.1 Å². The number of nitrogens with one attached hydrogen (secondary N) is 1. The van der Waals surface area contributed by atoms with Crippen LogP contribution in [0.4, 0.5) is 4.39 Å². The van der Waals surface area contributed by atoms with E-state index in [-0.39, 0.29) is 43.2 Å². The molecule has 2 saturated heterocycles. The number of hydrogen-bond donors (Lipinski definition) is 1. The highest BCUT2D eigenvalue weighted by Crippen LogP contribution is 2.28. The van der Waals surface area contributed by atoms with Gasteiger partial charge in [-0.05, 0) is 33.6 Å². The molecule has 0 aliphatic carbocycles. The van der Waals surface area contributed by atoms with Gasteiger partial charge in [-0.3, -0.25) is 4.79 Å². The Morgan fingerprint density at radius 2 is 2.10 bits per heavy atom. The van der Waals surface area contributed by atoms with Gasteiger partial charge in [0.2, 0.25) is 5.91 Å². The molecule has 2 aliphatic rings. The van der Waals surface area contributed by atoms with Crippen molar-refractivity contribution < 1.29 is 13.9 Å². The smallest absolute Gasteiger partial charge is 0.237 e. The maximum atomic E-state index is 13.4. The van der Waals surface area contributed by atoms with Crippen LogP contribution in [0.1, 0.15) is 40.0 Å². The fraction of sp³-hybridized carbons (Fsp3) is 0.867. The normalized spacial score (nSPS) is 40.0. The number of nitrogens with zero attached hydrogens (tertiary/aromatic N) is 2. The second-order valence-electron chi connectivity index (χ2n) is 6.60. The maximum absolute atomic E-state index is 13.4. The monoisotopic (exact) mass is 297 g/mol. The van der Waals surface area contributed by atoms with Crippen molar-refractivity contribution >= 4 is 5.91 Å². The number of amides is 1. The SMILES string of the molecule is CC1CC(C)(NCC(=O)N2C[C@@H](F)C[C@H]2C#N)CC(C)O1. The predicted molar refractivity (Wildman–Crippen MR) is 76.3 cm³/mol. The van der Waals surface area contributed by atoms with E-state index in [0.29, 0.717) is 0 Å². The number of carbonyl (C=O) groups excluding carboxylic acids is 1. The van der Waals surface area contributed by atoms with Gasteiger partial charge < -0.3 is 15.0 Å². The fourth-order valence-corrected chi connectivity index (χ4v) is 3.56. The molecule has 2 heterocycles. The zero-order chi connectivity index (χ0) is 15.6.